The first kappa shape index (κ1) is 11.9. The first-order valence-corrected chi connectivity index (χ1v) is 6.47. The topological polar surface area (TPSA) is 46.2 Å². The van der Waals surface area contributed by atoms with Crippen molar-refractivity contribution in [3.8, 4) is 0 Å². The van der Waals surface area contributed by atoms with Crippen LogP contribution in [0, 0.1) is 5.92 Å². The summed E-state index contributed by atoms with van der Waals surface area (Å²) in [5, 5.41) is 4.73. The largest absolute Gasteiger partial charge is 0.296 e. The molecule has 1 heterocycles. The van der Waals surface area contributed by atoms with Gasteiger partial charge in [-0.05, 0) is 22.3 Å². The molecule has 0 aromatic heterocycles. The molecule has 2 amide bonds. The van der Waals surface area contributed by atoms with Crippen LogP contribution in [0.5, 0.6) is 0 Å². The van der Waals surface area contributed by atoms with Crippen molar-refractivity contribution >= 4 is 22.6 Å². The molecular formula is C16H15NO2. The molecule has 2 unspecified atom stereocenters. The number of hydrogen-bond donors (Lipinski definition) is 1. The van der Waals surface area contributed by atoms with Crippen molar-refractivity contribution in [1.82, 2.24) is 5.32 Å². The lowest BCUT2D eigenvalue weighted by atomic mass is 9.85. The van der Waals surface area contributed by atoms with Gasteiger partial charge in [0.25, 0.3) is 0 Å². The molecule has 3 rings (SSSR count). The van der Waals surface area contributed by atoms with Crippen LogP contribution in [0.4, 0.5) is 0 Å². The summed E-state index contributed by atoms with van der Waals surface area (Å²) < 4.78 is 0. The van der Waals surface area contributed by atoms with Crippen LogP contribution in [0.25, 0.3) is 10.8 Å². The summed E-state index contributed by atoms with van der Waals surface area (Å²) in [4.78, 5) is 23.0. The van der Waals surface area contributed by atoms with Crippen LogP contribution in [0.3, 0.4) is 0 Å². The first-order chi connectivity index (χ1) is 9.15. The van der Waals surface area contributed by atoms with E-state index in [0.29, 0.717) is 6.42 Å². The minimum absolute atomic E-state index is 0.0519. The molecular weight excluding hydrogens is 238 g/mol. The number of carbonyl (C=O) groups excluding carboxylic acids is 2. The van der Waals surface area contributed by atoms with E-state index >= 15 is 0 Å². The van der Waals surface area contributed by atoms with Gasteiger partial charge in [-0.3, -0.25) is 14.9 Å². The molecule has 0 radical (unpaired) electrons. The highest BCUT2D eigenvalue weighted by Crippen LogP contribution is 2.31. The first-order valence-electron chi connectivity index (χ1n) is 6.47. The number of benzene rings is 2. The summed E-state index contributed by atoms with van der Waals surface area (Å²) in [6.07, 6.45) is 0.298. The molecule has 1 aliphatic heterocycles. The van der Waals surface area contributed by atoms with Gasteiger partial charge in [0, 0.05) is 6.42 Å². The Morgan fingerprint density at radius 1 is 1.11 bits per heavy atom. The van der Waals surface area contributed by atoms with E-state index in [-0.39, 0.29) is 23.7 Å². The molecule has 3 heteroatoms. The zero-order valence-electron chi connectivity index (χ0n) is 10.7. The Bertz CT molecular complexity index is 663. The smallest absolute Gasteiger partial charge is 0.230 e. The Morgan fingerprint density at radius 3 is 2.53 bits per heavy atom. The molecule has 3 nitrogen and oxygen atoms in total. The van der Waals surface area contributed by atoms with Crippen LogP contribution in [-0.4, -0.2) is 11.8 Å². The Morgan fingerprint density at radius 2 is 1.84 bits per heavy atom. The van der Waals surface area contributed by atoms with Gasteiger partial charge in [0.2, 0.25) is 11.8 Å². The number of hydrogen-bond acceptors (Lipinski definition) is 2. The maximum atomic E-state index is 11.7. The van der Waals surface area contributed by atoms with Crippen molar-refractivity contribution in [3.05, 3.63) is 48.0 Å². The lowest BCUT2D eigenvalue weighted by Gasteiger charge is -2.17. The van der Waals surface area contributed by atoms with Gasteiger partial charge in [-0.2, -0.15) is 0 Å². The van der Waals surface area contributed by atoms with Crippen LogP contribution in [-0.2, 0) is 9.59 Å². The Kier molecular flexibility index (Phi) is 2.82. The van der Waals surface area contributed by atoms with Crippen LogP contribution in [0.15, 0.2) is 42.5 Å². The molecule has 96 valence electrons. The monoisotopic (exact) mass is 253 g/mol. The third-order valence-electron chi connectivity index (χ3n) is 3.91. The average Bonchev–Trinajstić information content (AvgIpc) is 2.76. The molecule has 0 aliphatic carbocycles. The van der Waals surface area contributed by atoms with E-state index in [0.717, 1.165) is 10.9 Å². The van der Waals surface area contributed by atoms with Crippen LogP contribution in [0.1, 0.15) is 24.8 Å². The van der Waals surface area contributed by atoms with E-state index in [1.165, 1.54) is 5.39 Å². The van der Waals surface area contributed by atoms with Crippen molar-refractivity contribution in [2.24, 2.45) is 5.92 Å². The van der Waals surface area contributed by atoms with Crippen molar-refractivity contribution < 1.29 is 9.59 Å². The highest BCUT2D eigenvalue weighted by Gasteiger charge is 2.35. The van der Waals surface area contributed by atoms with Gasteiger partial charge in [0.05, 0.1) is 5.92 Å². The number of fused-ring (bicyclic) bond motifs is 1. The van der Waals surface area contributed by atoms with Crippen molar-refractivity contribution in [3.63, 3.8) is 0 Å². The zero-order chi connectivity index (χ0) is 13.4. The van der Waals surface area contributed by atoms with E-state index in [2.05, 4.69) is 29.6 Å². The fourth-order valence-electron chi connectivity index (χ4n) is 2.70. The molecule has 2 aromatic rings. The van der Waals surface area contributed by atoms with E-state index < -0.39 is 0 Å². The van der Waals surface area contributed by atoms with Crippen LogP contribution in [0.2, 0.25) is 0 Å². The second-order valence-electron chi connectivity index (χ2n) is 5.12. The fraction of sp³-hybridized carbons (Fsp3) is 0.250. The zero-order valence-corrected chi connectivity index (χ0v) is 10.7. The molecule has 0 bridgehead atoms. The molecule has 19 heavy (non-hydrogen) atoms. The normalized spacial score (nSPS) is 20.6. The standard InChI is InChI=1S/C16H15NO2/c1-10(14-9-15(18)17-16(14)19)12-7-6-11-4-2-3-5-13(11)8-12/h2-8,10,14H,9H2,1H3,(H,17,18,19). The minimum Gasteiger partial charge on any atom is -0.296 e. The Hall–Kier alpha value is -2.16. The summed E-state index contributed by atoms with van der Waals surface area (Å²) in [7, 11) is 0. The summed E-state index contributed by atoms with van der Waals surface area (Å²) in [5.74, 6) is -0.502. The molecule has 2 aromatic carbocycles. The van der Waals surface area contributed by atoms with Gasteiger partial charge in [0.1, 0.15) is 0 Å². The second kappa shape index (κ2) is 4.50. The predicted octanol–water partition coefficient (Wildman–Crippen LogP) is 2.61. The summed E-state index contributed by atoms with van der Waals surface area (Å²) >= 11 is 0. The van der Waals surface area contributed by atoms with E-state index in [1.807, 2.05) is 25.1 Å². The molecule has 0 spiro atoms. The summed E-state index contributed by atoms with van der Waals surface area (Å²) in [6.45, 7) is 2.01. The van der Waals surface area contributed by atoms with Gasteiger partial charge in [0.15, 0.2) is 0 Å². The van der Waals surface area contributed by atoms with Gasteiger partial charge < -0.3 is 0 Å². The number of amides is 2. The third kappa shape index (κ3) is 2.12. The van der Waals surface area contributed by atoms with Gasteiger partial charge >= 0.3 is 0 Å². The van der Waals surface area contributed by atoms with Crippen LogP contribution < -0.4 is 5.32 Å². The van der Waals surface area contributed by atoms with Gasteiger partial charge in [-0.15, -0.1) is 0 Å². The molecule has 1 saturated heterocycles. The van der Waals surface area contributed by atoms with Gasteiger partial charge in [-0.25, -0.2) is 0 Å². The molecule has 1 aliphatic rings. The van der Waals surface area contributed by atoms with Crippen molar-refractivity contribution in [2.75, 3.05) is 0 Å². The number of carbonyl (C=O) groups is 2. The van der Waals surface area contributed by atoms with Crippen molar-refractivity contribution in [1.29, 1.82) is 0 Å². The van der Waals surface area contributed by atoms with Crippen LogP contribution >= 0.6 is 0 Å². The molecule has 1 N–H and O–H groups in total. The quantitative estimate of drug-likeness (QED) is 0.836. The lowest BCUT2D eigenvalue weighted by molar-refractivity contribution is -0.126. The highest BCUT2D eigenvalue weighted by atomic mass is 16.2. The Balaban J connectivity index is 1.95. The SMILES string of the molecule is CC(c1ccc2ccccc2c1)C1CC(=O)NC1=O. The Labute approximate surface area is 111 Å². The summed E-state index contributed by atoms with van der Waals surface area (Å²) in [5.41, 5.74) is 1.11. The second-order valence-corrected chi connectivity index (χ2v) is 5.12. The van der Waals surface area contributed by atoms with E-state index in [9.17, 15) is 9.59 Å². The predicted molar refractivity (Wildman–Crippen MR) is 73.6 cm³/mol. The number of rotatable bonds is 2. The highest BCUT2D eigenvalue weighted by molar-refractivity contribution is 6.03. The van der Waals surface area contributed by atoms with Crippen molar-refractivity contribution in [2.45, 2.75) is 19.3 Å². The van der Waals surface area contributed by atoms with E-state index in [4.69, 9.17) is 0 Å². The fourth-order valence-corrected chi connectivity index (χ4v) is 2.70. The minimum atomic E-state index is -0.242. The lowest BCUT2D eigenvalue weighted by Crippen LogP contribution is -2.24. The number of imide groups is 1. The maximum Gasteiger partial charge on any atom is 0.230 e. The average molecular weight is 253 g/mol. The summed E-state index contributed by atoms with van der Waals surface area (Å²) in [6, 6.07) is 14.4. The van der Waals surface area contributed by atoms with E-state index in [1.54, 1.807) is 0 Å². The third-order valence-corrected chi connectivity index (χ3v) is 3.91. The number of nitrogens with one attached hydrogen (secondary N) is 1. The molecule has 1 fully saturated rings. The van der Waals surface area contributed by atoms with Gasteiger partial charge in [-0.1, -0.05) is 49.4 Å². The maximum absolute atomic E-state index is 11.7. The molecule has 2 atom stereocenters. The molecule has 0 saturated carbocycles.